The van der Waals surface area contributed by atoms with Gasteiger partial charge in [-0.15, -0.1) is 11.8 Å². The van der Waals surface area contributed by atoms with Crippen molar-refractivity contribution in [3.8, 4) is 0 Å². The molecule has 0 fully saturated rings. The third-order valence-corrected chi connectivity index (χ3v) is 3.16. The van der Waals surface area contributed by atoms with E-state index in [1.807, 2.05) is 26.0 Å². The third-order valence-electron chi connectivity index (χ3n) is 2.06. The SMILES string of the molecule is Cc1ccc2c(n1)SC(C)CC(=O)N2. The highest BCUT2D eigenvalue weighted by Crippen LogP contribution is 2.33. The van der Waals surface area contributed by atoms with Crippen molar-refractivity contribution in [2.75, 3.05) is 5.32 Å². The molecule has 1 aliphatic heterocycles. The van der Waals surface area contributed by atoms with Crippen LogP contribution >= 0.6 is 11.8 Å². The zero-order chi connectivity index (χ0) is 10.1. The minimum atomic E-state index is 0.0782. The van der Waals surface area contributed by atoms with E-state index < -0.39 is 0 Å². The second-order valence-corrected chi connectivity index (χ2v) is 4.91. The number of hydrogen-bond donors (Lipinski definition) is 1. The molecule has 0 spiro atoms. The number of carbonyl (C=O) groups excluding carboxylic acids is 1. The first-order valence-electron chi connectivity index (χ1n) is 4.59. The molecule has 1 amide bonds. The van der Waals surface area contributed by atoms with E-state index in [1.165, 1.54) is 0 Å². The van der Waals surface area contributed by atoms with Gasteiger partial charge >= 0.3 is 0 Å². The van der Waals surface area contributed by atoms with E-state index in [-0.39, 0.29) is 5.91 Å². The maximum Gasteiger partial charge on any atom is 0.225 e. The molecule has 1 aliphatic rings. The van der Waals surface area contributed by atoms with Crippen LogP contribution < -0.4 is 5.32 Å². The predicted octanol–water partition coefficient (Wildman–Crippen LogP) is 2.21. The number of nitrogens with one attached hydrogen (secondary N) is 1. The Hall–Kier alpha value is -1.03. The summed E-state index contributed by atoms with van der Waals surface area (Å²) in [6.07, 6.45) is 0.556. The molecule has 14 heavy (non-hydrogen) atoms. The molecule has 1 aromatic rings. The molecule has 2 heterocycles. The van der Waals surface area contributed by atoms with E-state index in [9.17, 15) is 4.79 Å². The summed E-state index contributed by atoms with van der Waals surface area (Å²) in [5.41, 5.74) is 1.83. The number of pyridine rings is 1. The maximum atomic E-state index is 11.4. The molecule has 2 rings (SSSR count). The monoisotopic (exact) mass is 208 g/mol. The summed E-state index contributed by atoms with van der Waals surface area (Å²) >= 11 is 1.66. The first kappa shape index (κ1) is 9.52. The topological polar surface area (TPSA) is 42.0 Å². The van der Waals surface area contributed by atoms with E-state index in [0.717, 1.165) is 16.4 Å². The minimum Gasteiger partial charge on any atom is -0.324 e. The Morgan fingerprint density at radius 1 is 1.57 bits per heavy atom. The molecule has 0 radical (unpaired) electrons. The minimum absolute atomic E-state index is 0.0782. The molecule has 0 aromatic carbocycles. The summed E-state index contributed by atoms with van der Waals surface area (Å²) in [6, 6.07) is 3.83. The van der Waals surface area contributed by atoms with Crippen LogP contribution in [-0.2, 0) is 4.79 Å². The fraction of sp³-hybridized carbons (Fsp3) is 0.400. The second kappa shape index (κ2) is 3.61. The first-order valence-corrected chi connectivity index (χ1v) is 5.47. The van der Waals surface area contributed by atoms with Crippen molar-refractivity contribution in [2.45, 2.75) is 30.5 Å². The van der Waals surface area contributed by atoms with Gasteiger partial charge in [0.25, 0.3) is 0 Å². The van der Waals surface area contributed by atoms with Gasteiger partial charge in [0.05, 0.1) is 5.69 Å². The highest BCUT2D eigenvalue weighted by molar-refractivity contribution is 8.00. The third kappa shape index (κ3) is 1.90. The van der Waals surface area contributed by atoms with Gasteiger partial charge in [-0.1, -0.05) is 6.92 Å². The number of rotatable bonds is 0. The van der Waals surface area contributed by atoms with Crippen molar-refractivity contribution in [1.82, 2.24) is 4.98 Å². The summed E-state index contributed by atoms with van der Waals surface area (Å²) in [5, 5.41) is 4.09. The van der Waals surface area contributed by atoms with Gasteiger partial charge in [-0.25, -0.2) is 4.98 Å². The molecule has 1 aromatic heterocycles. The lowest BCUT2D eigenvalue weighted by molar-refractivity contribution is -0.116. The number of amides is 1. The van der Waals surface area contributed by atoms with Gasteiger partial charge in [0, 0.05) is 17.4 Å². The Kier molecular flexibility index (Phi) is 2.46. The van der Waals surface area contributed by atoms with Crippen molar-refractivity contribution in [1.29, 1.82) is 0 Å². The molecule has 1 atom stereocenters. The Morgan fingerprint density at radius 3 is 3.14 bits per heavy atom. The van der Waals surface area contributed by atoms with Gasteiger partial charge in [0.1, 0.15) is 5.03 Å². The molecular formula is C10H12N2OS. The number of thioether (sulfide) groups is 1. The van der Waals surface area contributed by atoms with Crippen LogP contribution in [0.4, 0.5) is 5.69 Å². The van der Waals surface area contributed by atoms with Crippen LogP contribution in [0.2, 0.25) is 0 Å². The summed E-state index contributed by atoms with van der Waals surface area (Å²) < 4.78 is 0. The van der Waals surface area contributed by atoms with Gasteiger partial charge in [0.15, 0.2) is 0 Å². The van der Waals surface area contributed by atoms with Crippen LogP contribution in [0.3, 0.4) is 0 Å². The molecule has 0 bridgehead atoms. The summed E-state index contributed by atoms with van der Waals surface area (Å²) in [7, 11) is 0. The first-order chi connectivity index (χ1) is 6.65. The summed E-state index contributed by atoms with van der Waals surface area (Å²) in [6.45, 7) is 4.00. The largest absolute Gasteiger partial charge is 0.324 e. The number of hydrogen-bond acceptors (Lipinski definition) is 3. The van der Waals surface area contributed by atoms with Gasteiger partial charge in [0.2, 0.25) is 5.91 Å². The Balaban J connectivity index is 2.41. The van der Waals surface area contributed by atoms with Crippen molar-refractivity contribution >= 4 is 23.4 Å². The van der Waals surface area contributed by atoms with E-state index in [1.54, 1.807) is 11.8 Å². The Morgan fingerprint density at radius 2 is 2.36 bits per heavy atom. The Bertz CT molecular complexity index is 378. The van der Waals surface area contributed by atoms with Crippen LogP contribution in [0.1, 0.15) is 19.0 Å². The molecule has 0 saturated heterocycles. The standard InChI is InChI=1S/C10H12N2OS/c1-6-3-4-8-10(11-6)14-7(2)5-9(13)12-8/h3-4,7H,5H2,1-2H3,(H,12,13). The zero-order valence-electron chi connectivity index (χ0n) is 8.20. The van der Waals surface area contributed by atoms with Gasteiger partial charge in [-0.05, 0) is 19.1 Å². The fourth-order valence-electron chi connectivity index (χ4n) is 1.41. The van der Waals surface area contributed by atoms with Crippen molar-refractivity contribution in [3.05, 3.63) is 17.8 Å². The lowest BCUT2D eigenvalue weighted by atomic mass is 10.3. The van der Waals surface area contributed by atoms with E-state index in [4.69, 9.17) is 0 Å². The van der Waals surface area contributed by atoms with Crippen molar-refractivity contribution < 1.29 is 4.79 Å². The van der Waals surface area contributed by atoms with Crippen LogP contribution in [0.15, 0.2) is 17.2 Å². The molecular weight excluding hydrogens is 196 g/mol. The fourth-order valence-corrected chi connectivity index (χ4v) is 2.47. The lowest BCUT2D eigenvalue weighted by Crippen LogP contribution is -2.13. The number of aromatic nitrogens is 1. The van der Waals surface area contributed by atoms with E-state index in [0.29, 0.717) is 11.7 Å². The highest BCUT2D eigenvalue weighted by atomic mass is 32.2. The molecule has 0 aliphatic carbocycles. The molecule has 1 unspecified atom stereocenters. The van der Waals surface area contributed by atoms with Crippen LogP contribution in [0.5, 0.6) is 0 Å². The highest BCUT2D eigenvalue weighted by Gasteiger charge is 2.19. The normalized spacial score (nSPS) is 21.0. The molecule has 74 valence electrons. The summed E-state index contributed by atoms with van der Waals surface area (Å²) in [5.74, 6) is 0.0782. The van der Waals surface area contributed by atoms with Crippen LogP contribution in [-0.4, -0.2) is 16.1 Å². The molecule has 3 nitrogen and oxygen atoms in total. The van der Waals surface area contributed by atoms with Crippen LogP contribution in [0.25, 0.3) is 0 Å². The number of anilines is 1. The molecule has 0 saturated carbocycles. The quantitative estimate of drug-likeness (QED) is 0.710. The Labute approximate surface area is 87.3 Å². The van der Waals surface area contributed by atoms with Gasteiger partial charge < -0.3 is 5.32 Å². The number of aryl methyl sites for hydroxylation is 1. The predicted molar refractivity (Wildman–Crippen MR) is 57.5 cm³/mol. The van der Waals surface area contributed by atoms with Gasteiger partial charge in [-0.3, -0.25) is 4.79 Å². The number of nitrogens with zero attached hydrogens (tertiary/aromatic N) is 1. The van der Waals surface area contributed by atoms with Crippen molar-refractivity contribution in [2.24, 2.45) is 0 Å². The maximum absolute atomic E-state index is 11.4. The van der Waals surface area contributed by atoms with E-state index in [2.05, 4.69) is 10.3 Å². The molecule has 1 N–H and O–H groups in total. The van der Waals surface area contributed by atoms with Crippen molar-refractivity contribution in [3.63, 3.8) is 0 Å². The summed E-state index contributed by atoms with van der Waals surface area (Å²) in [4.78, 5) is 15.8. The zero-order valence-corrected chi connectivity index (χ0v) is 9.02. The smallest absolute Gasteiger partial charge is 0.225 e. The lowest BCUT2D eigenvalue weighted by Gasteiger charge is -2.06. The average molecular weight is 208 g/mol. The molecule has 4 heteroatoms. The average Bonchev–Trinajstić information content (AvgIpc) is 2.21. The second-order valence-electron chi connectivity index (χ2n) is 3.49. The van der Waals surface area contributed by atoms with Gasteiger partial charge in [-0.2, -0.15) is 0 Å². The van der Waals surface area contributed by atoms with Crippen LogP contribution in [0, 0.1) is 6.92 Å². The van der Waals surface area contributed by atoms with E-state index >= 15 is 0 Å². The number of carbonyl (C=O) groups is 1. The number of fused-ring (bicyclic) bond motifs is 1.